The van der Waals surface area contributed by atoms with Crippen LogP contribution in [0.4, 0.5) is 0 Å². The number of hydrogen-bond acceptors (Lipinski definition) is 1. The molecule has 0 spiro atoms. The molecule has 1 heteroatoms. The maximum Gasteiger partial charge on any atom is 0.00109 e. The summed E-state index contributed by atoms with van der Waals surface area (Å²) in [6.45, 7) is 4.48. The number of benzene rings is 1. The van der Waals surface area contributed by atoms with Crippen LogP contribution >= 0.6 is 0 Å². The third-order valence-electron chi connectivity index (χ3n) is 3.59. The fourth-order valence-corrected chi connectivity index (χ4v) is 2.51. The monoisotopic (exact) mass is 203 g/mol. The quantitative estimate of drug-likeness (QED) is 0.775. The molecule has 0 aliphatic heterocycles. The normalized spacial score (nSPS) is 18.5. The van der Waals surface area contributed by atoms with Crippen molar-refractivity contribution < 1.29 is 0 Å². The zero-order valence-corrected chi connectivity index (χ0v) is 9.63. The minimum Gasteiger partial charge on any atom is -0.316 e. The first-order valence-corrected chi connectivity index (χ1v) is 6.09. The number of nitrogens with one attached hydrogen (secondary N) is 1. The molecule has 2 rings (SSSR count). The van der Waals surface area contributed by atoms with E-state index in [2.05, 4.69) is 42.6 Å². The highest BCUT2D eigenvalue weighted by molar-refractivity contribution is 5.17. The second-order valence-corrected chi connectivity index (χ2v) is 4.80. The van der Waals surface area contributed by atoms with Gasteiger partial charge >= 0.3 is 0 Å². The lowest BCUT2D eigenvalue weighted by atomic mass is 9.65. The van der Waals surface area contributed by atoms with Crippen molar-refractivity contribution in [2.45, 2.75) is 32.6 Å². The molecule has 1 aromatic rings. The van der Waals surface area contributed by atoms with Gasteiger partial charge in [0, 0.05) is 6.54 Å². The van der Waals surface area contributed by atoms with Crippen LogP contribution in [0.1, 0.15) is 31.7 Å². The smallest absolute Gasteiger partial charge is 0.00109 e. The van der Waals surface area contributed by atoms with E-state index < -0.39 is 0 Å². The van der Waals surface area contributed by atoms with Crippen LogP contribution in [0.15, 0.2) is 30.3 Å². The van der Waals surface area contributed by atoms with Crippen LogP contribution in [0, 0.1) is 5.41 Å². The Morgan fingerprint density at radius 3 is 2.47 bits per heavy atom. The Labute approximate surface area is 92.9 Å². The minimum atomic E-state index is 0.567. The summed E-state index contributed by atoms with van der Waals surface area (Å²) < 4.78 is 0. The van der Waals surface area contributed by atoms with Crippen LogP contribution in [-0.2, 0) is 6.42 Å². The SMILES string of the molecule is CCNCC1(Cc2ccccc2)CCC1. The van der Waals surface area contributed by atoms with Crippen molar-refractivity contribution in [3.05, 3.63) is 35.9 Å². The molecule has 0 radical (unpaired) electrons. The van der Waals surface area contributed by atoms with E-state index in [4.69, 9.17) is 0 Å². The molecule has 0 atom stereocenters. The zero-order valence-electron chi connectivity index (χ0n) is 9.63. The first kappa shape index (κ1) is 10.7. The average Bonchev–Trinajstić information content (AvgIpc) is 2.23. The standard InChI is InChI=1S/C14H21N/c1-2-15-12-14(9-6-10-14)11-13-7-4-3-5-8-13/h3-5,7-8,15H,2,6,9-12H2,1H3. The predicted molar refractivity (Wildman–Crippen MR) is 65.0 cm³/mol. The van der Waals surface area contributed by atoms with Crippen molar-refractivity contribution in [3.8, 4) is 0 Å². The summed E-state index contributed by atoms with van der Waals surface area (Å²) in [4.78, 5) is 0. The number of rotatable bonds is 5. The molecule has 1 saturated carbocycles. The maximum absolute atomic E-state index is 3.51. The molecule has 1 aliphatic rings. The van der Waals surface area contributed by atoms with E-state index in [-0.39, 0.29) is 0 Å². The molecule has 0 saturated heterocycles. The molecule has 1 nitrogen and oxygen atoms in total. The van der Waals surface area contributed by atoms with E-state index in [0.717, 1.165) is 6.54 Å². The molecular weight excluding hydrogens is 182 g/mol. The van der Waals surface area contributed by atoms with E-state index in [1.807, 2.05) is 0 Å². The van der Waals surface area contributed by atoms with Gasteiger partial charge in [-0.15, -0.1) is 0 Å². The van der Waals surface area contributed by atoms with Gasteiger partial charge in [0.15, 0.2) is 0 Å². The second kappa shape index (κ2) is 4.80. The van der Waals surface area contributed by atoms with Crippen molar-refractivity contribution in [1.29, 1.82) is 0 Å². The van der Waals surface area contributed by atoms with Crippen LogP contribution in [0.3, 0.4) is 0 Å². The summed E-state index contributed by atoms with van der Waals surface area (Å²) in [6, 6.07) is 10.9. The molecular formula is C14H21N. The third-order valence-corrected chi connectivity index (χ3v) is 3.59. The maximum atomic E-state index is 3.51. The van der Waals surface area contributed by atoms with Crippen molar-refractivity contribution in [2.75, 3.05) is 13.1 Å². The molecule has 82 valence electrons. The molecule has 0 aromatic heterocycles. The molecule has 1 N–H and O–H groups in total. The topological polar surface area (TPSA) is 12.0 Å². The Morgan fingerprint density at radius 2 is 1.93 bits per heavy atom. The summed E-state index contributed by atoms with van der Waals surface area (Å²) in [5.41, 5.74) is 2.06. The Kier molecular flexibility index (Phi) is 3.42. The molecule has 1 aliphatic carbocycles. The van der Waals surface area contributed by atoms with Crippen molar-refractivity contribution >= 4 is 0 Å². The van der Waals surface area contributed by atoms with Crippen molar-refractivity contribution in [3.63, 3.8) is 0 Å². The van der Waals surface area contributed by atoms with Crippen LogP contribution in [-0.4, -0.2) is 13.1 Å². The largest absolute Gasteiger partial charge is 0.316 e. The van der Waals surface area contributed by atoms with E-state index in [1.54, 1.807) is 0 Å². The average molecular weight is 203 g/mol. The third kappa shape index (κ3) is 2.60. The summed E-state index contributed by atoms with van der Waals surface area (Å²) in [5.74, 6) is 0. The highest BCUT2D eigenvalue weighted by Gasteiger charge is 2.36. The van der Waals surface area contributed by atoms with Gasteiger partial charge in [-0.2, -0.15) is 0 Å². The number of hydrogen-bond donors (Lipinski definition) is 1. The van der Waals surface area contributed by atoms with E-state index in [1.165, 1.54) is 37.8 Å². The fraction of sp³-hybridized carbons (Fsp3) is 0.571. The fourth-order valence-electron chi connectivity index (χ4n) is 2.51. The Balaban J connectivity index is 1.96. The Bertz CT molecular complexity index is 287. The highest BCUT2D eigenvalue weighted by atomic mass is 14.9. The van der Waals surface area contributed by atoms with Crippen molar-refractivity contribution in [1.82, 2.24) is 5.32 Å². The lowest BCUT2D eigenvalue weighted by Gasteiger charge is -2.42. The van der Waals surface area contributed by atoms with Gasteiger partial charge in [0.2, 0.25) is 0 Å². The zero-order chi connectivity index (χ0) is 10.6. The van der Waals surface area contributed by atoms with Gasteiger partial charge in [0.25, 0.3) is 0 Å². The van der Waals surface area contributed by atoms with E-state index in [0.29, 0.717) is 5.41 Å². The highest BCUT2D eigenvalue weighted by Crippen LogP contribution is 2.43. The molecule has 0 unspecified atom stereocenters. The van der Waals surface area contributed by atoms with Gasteiger partial charge in [-0.3, -0.25) is 0 Å². The van der Waals surface area contributed by atoms with Gasteiger partial charge in [-0.05, 0) is 36.8 Å². The lowest BCUT2D eigenvalue weighted by Crippen LogP contribution is -2.41. The van der Waals surface area contributed by atoms with Gasteiger partial charge in [0.05, 0.1) is 0 Å². The van der Waals surface area contributed by atoms with Gasteiger partial charge in [-0.1, -0.05) is 43.7 Å². The minimum absolute atomic E-state index is 0.567. The Morgan fingerprint density at radius 1 is 1.20 bits per heavy atom. The summed E-state index contributed by atoms with van der Waals surface area (Å²) in [7, 11) is 0. The van der Waals surface area contributed by atoms with Gasteiger partial charge < -0.3 is 5.32 Å². The van der Waals surface area contributed by atoms with Crippen LogP contribution in [0.5, 0.6) is 0 Å². The van der Waals surface area contributed by atoms with Crippen LogP contribution < -0.4 is 5.32 Å². The molecule has 15 heavy (non-hydrogen) atoms. The summed E-state index contributed by atoms with van der Waals surface area (Å²) in [6.07, 6.45) is 5.46. The Hall–Kier alpha value is -0.820. The van der Waals surface area contributed by atoms with Gasteiger partial charge in [-0.25, -0.2) is 0 Å². The molecule has 0 amide bonds. The molecule has 0 bridgehead atoms. The van der Waals surface area contributed by atoms with Crippen molar-refractivity contribution in [2.24, 2.45) is 5.41 Å². The predicted octanol–water partition coefficient (Wildman–Crippen LogP) is 3.01. The van der Waals surface area contributed by atoms with E-state index >= 15 is 0 Å². The molecule has 1 aromatic carbocycles. The van der Waals surface area contributed by atoms with Crippen LogP contribution in [0.2, 0.25) is 0 Å². The lowest BCUT2D eigenvalue weighted by molar-refractivity contribution is 0.131. The molecule has 0 heterocycles. The first-order valence-electron chi connectivity index (χ1n) is 6.09. The van der Waals surface area contributed by atoms with Gasteiger partial charge in [0.1, 0.15) is 0 Å². The second-order valence-electron chi connectivity index (χ2n) is 4.80. The molecule has 1 fully saturated rings. The summed E-state index contributed by atoms with van der Waals surface area (Å²) >= 11 is 0. The summed E-state index contributed by atoms with van der Waals surface area (Å²) in [5, 5.41) is 3.51. The first-order chi connectivity index (χ1) is 7.35. The van der Waals surface area contributed by atoms with E-state index in [9.17, 15) is 0 Å². The van der Waals surface area contributed by atoms with Crippen LogP contribution in [0.25, 0.3) is 0 Å².